The summed E-state index contributed by atoms with van der Waals surface area (Å²) in [6, 6.07) is 14.7. The van der Waals surface area contributed by atoms with E-state index >= 15 is 0 Å². The molecule has 0 aliphatic rings. The molecule has 136 valence electrons. The summed E-state index contributed by atoms with van der Waals surface area (Å²) in [5.41, 5.74) is 0.652. The predicted molar refractivity (Wildman–Crippen MR) is 109 cm³/mol. The van der Waals surface area contributed by atoms with Crippen molar-refractivity contribution in [1.29, 1.82) is 0 Å². The van der Waals surface area contributed by atoms with Crippen LogP contribution in [-0.2, 0) is 17.6 Å². The lowest BCUT2D eigenvalue weighted by Gasteiger charge is -2.29. The quantitative estimate of drug-likeness (QED) is 0.519. The highest BCUT2D eigenvalue weighted by Gasteiger charge is 2.29. The van der Waals surface area contributed by atoms with Crippen LogP contribution in [0.1, 0.15) is 21.4 Å². The number of benzene rings is 1. The summed E-state index contributed by atoms with van der Waals surface area (Å²) in [5.74, 6) is -0.865. The summed E-state index contributed by atoms with van der Waals surface area (Å²) < 4.78 is 0. The molecule has 0 saturated heterocycles. The predicted octanol–water partition coefficient (Wildman–Crippen LogP) is 5.38. The first-order valence-corrected chi connectivity index (χ1v) is 10.5. The number of carbonyl (C=O) groups is 1. The molecule has 26 heavy (non-hydrogen) atoms. The number of hydrogen-bond acceptors (Lipinski definition) is 4. The van der Waals surface area contributed by atoms with Crippen molar-refractivity contribution in [2.24, 2.45) is 0 Å². The molecule has 0 radical (unpaired) electrons. The van der Waals surface area contributed by atoms with E-state index in [1.54, 1.807) is 28.7 Å². The van der Waals surface area contributed by atoms with Crippen molar-refractivity contribution in [1.82, 2.24) is 4.90 Å². The molecule has 0 amide bonds. The van der Waals surface area contributed by atoms with Crippen LogP contribution < -0.4 is 0 Å². The zero-order chi connectivity index (χ0) is 18.4. The second kappa shape index (κ2) is 9.33. The summed E-state index contributed by atoms with van der Waals surface area (Å²) >= 11 is 9.72. The van der Waals surface area contributed by atoms with Gasteiger partial charge >= 0.3 is 5.97 Å². The first-order chi connectivity index (χ1) is 12.6. The molecule has 3 aromatic rings. The number of thiophene rings is 2. The van der Waals surface area contributed by atoms with Gasteiger partial charge in [-0.15, -0.1) is 22.7 Å². The Morgan fingerprint density at radius 3 is 2.00 bits per heavy atom. The van der Waals surface area contributed by atoms with Gasteiger partial charge in [0.1, 0.15) is 6.04 Å². The molecule has 1 atom stereocenters. The summed E-state index contributed by atoms with van der Waals surface area (Å²) in [6.07, 6.45) is 1.66. The number of rotatable bonds is 9. The van der Waals surface area contributed by atoms with Gasteiger partial charge in [-0.05, 0) is 47.4 Å². The number of carboxylic acid groups (broad SMARTS) is 1. The van der Waals surface area contributed by atoms with Crippen LogP contribution in [0, 0.1) is 0 Å². The summed E-state index contributed by atoms with van der Waals surface area (Å²) in [5, 5.41) is 14.5. The third-order valence-corrected chi connectivity index (χ3v) is 6.47. The van der Waals surface area contributed by atoms with Crippen LogP contribution in [-0.4, -0.2) is 29.1 Å². The lowest BCUT2D eigenvalue weighted by Crippen LogP contribution is -2.37. The lowest BCUT2D eigenvalue weighted by molar-refractivity contribution is -0.143. The SMILES string of the molecule is O=C(O)C(c1ccccc1Cl)N(CCc1cccs1)CCc1cccs1. The number of carboxylic acids is 1. The molecule has 1 aromatic carbocycles. The fourth-order valence-corrected chi connectivity index (χ4v) is 4.61. The van der Waals surface area contributed by atoms with Crippen molar-refractivity contribution < 1.29 is 9.90 Å². The van der Waals surface area contributed by atoms with Gasteiger partial charge in [0.05, 0.1) is 0 Å². The van der Waals surface area contributed by atoms with E-state index in [1.807, 2.05) is 46.0 Å². The van der Waals surface area contributed by atoms with Crippen LogP contribution in [0.3, 0.4) is 0 Å². The Hall–Kier alpha value is -1.66. The Morgan fingerprint density at radius 1 is 0.962 bits per heavy atom. The van der Waals surface area contributed by atoms with E-state index in [0.29, 0.717) is 23.7 Å². The molecular weight excluding hydrogens is 386 g/mol. The maximum atomic E-state index is 12.1. The molecule has 1 unspecified atom stereocenters. The molecule has 0 aliphatic heterocycles. The first-order valence-electron chi connectivity index (χ1n) is 8.41. The van der Waals surface area contributed by atoms with E-state index in [-0.39, 0.29) is 0 Å². The smallest absolute Gasteiger partial charge is 0.325 e. The Bertz CT molecular complexity index is 780. The largest absolute Gasteiger partial charge is 0.480 e. The van der Waals surface area contributed by atoms with E-state index < -0.39 is 12.0 Å². The highest BCUT2D eigenvalue weighted by Crippen LogP contribution is 2.29. The molecule has 0 spiro atoms. The van der Waals surface area contributed by atoms with Crippen LogP contribution in [0.5, 0.6) is 0 Å². The topological polar surface area (TPSA) is 40.5 Å². The summed E-state index contributed by atoms with van der Waals surface area (Å²) in [7, 11) is 0. The maximum Gasteiger partial charge on any atom is 0.325 e. The normalized spacial score (nSPS) is 12.4. The van der Waals surface area contributed by atoms with Gasteiger partial charge in [0.15, 0.2) is 0 Å². The van der Waals surface area contributed by atoms with Crippen molar-refractivity contribution >= 4 is 40.2 Å². The van der Waals surface area contributed by atoms with E-state index in [9.17, 15) is 9.90 Å². The number of halogens is 1. The Kier molecular flexibility index (Phi) is 6.86. The van der Waals surface area contributed by atoms with Crippen molar-refractivity contribution in [2.45, 2.75) is 18.9 Å². The van der Waals surface area contributed by atoms with Crippen molar-refractivity contribution in [3.8, 4) is 0 Å². The van der Waals surface area contributed by atoms with Crippen LogP contribution in [0.2, 0.25) is 5.02 Å². The third-order valence-electron chi connectivity index (χ3n) is 4.25. The van der Waals surface area contributed by atoms with Gasteiger partial charge in [-0.3, -0.25) is 9.69 Å². The minimum atomic E-state index is -0.865. The fourth-order valence-electron chi connectivity index (χ4n) is 2.97. The van der Waals surface area contributed by atoms with Gasteiger partial charge in [0, 0.05) is 27.9 Å². The molecule has 3 rings (SSSR count). The second-order valence-electron chi connectivity index (χ2n) is 5.96. The molecule has 0 bridgehead atoms. The van der Waals surface area contributed by atoms with Gasteiger partial charge in [-0.25, -0.2) is 0 Å². The van der Waals surface area contributed by atoms with E-state index in [1.165, 1.54) is 9.75 Å². The Morgan fingerprint density at radius 2 is 1.54 bits per heavy atom. The van der Waals surface area contributed by atoms with Gasteiger partial charge in [-0.2, -0.15) is 0 Å². The maximum absolute atomic E-state index is 12.1. The number of aliphatic carboxylic acids is 1. The van der Waals surface area contributed by atoms with Crippen LogP contribution in [0.4, 0.5) is 0 Å². The van der Waals surface area contributed by atoms with Crippen molar-refractivity contribution in [3.05, 3.63) is 79.6 Å². The zero-order valence-corrected chi connectivity index (χ0v) is 16.6. The molecule has 0 saturated carbocycles. The molecule has 0 fully saturated rings. The average Bonchev–Trinajstić information content (AvgIpc) is 3.32. The summed E-state index contributed by atoms with van der Waals surface area (Å²) in [4.78, 5) is 16.7. The van der Waals surface area contributed by atoms with Gasteiger partial charge < -0.3 is 5.11 Å². The number of hydrogen-bond donors (Lipinski definition) is 1. The molecule has 2 aromatic heterocycles. The van der Waals surface area contributed by atoms with Gasteiger partial charge in [0.2, 0.25) is 0 Å². The second-order valence-corrected chi connectivity index (χ2v) is 8.43. The highest BCUT2D eigenvalue weighted by molar-refractivity contribution is 7.10. The Balaban J connectivity index is 1.82. The molecule has 3 nitrogen and oxygen atoms in total. The van der Waals surface area contributed by atoms with Gasteiger partial charge in [-0.1, -0.05) is 41.9 Å². The molecule has 2 heterocycles. The minimum absolute atomic E-state index is 0.497. The average molecular weight is 406 g/mol. The molecule has 1 N–H and O–H groups in total. The van der Waals surface area contributed by atoms with E-state index in [2.05, 4.69) is 12.1 Å². The molecular formula is C20H20ClNO2S2. The Labute approximate surface area is 166 Å². The third kappa shape index (κ3) is 4.95. The number of nitrogens with zero attached hydrogens (tertiary/aromatic N) is 1. The molecule has 0 aliphatic carbocycles. The van der Waals surface area contributed by atoms with E-state index in [0.717, 1.165) is 12.8 Å². The van der Waals surface area contributed by atoms with Crippen LogP contribution in [0.25, 0.3) is 0 Å². The van der Waals surface area contributed by atoms with Crippen LogP contribution in [0.15, 0.2) is 59.3 Å². The summed E-state index contributed by atoms with van der Waals surface area (Å²) in [6.45, 7) is 1.35. The van der Waals surface area contributed by atoms with Crippen molar-refractivity contribution in [3.63, 3.8) is 0 Å². The fraction of sp³-hybridized carbons (Fsp3) is 0.250. The monoisotopic (exact) mass is 405 g/mol. The van der Waals surface area contributed by atoms with Gasteiger partial charge in [0.25, 0.3) is 0 Å². The van der Waals surface area contributed by atoms with Crippen LogP contribution >= 0.6 is 34.3 Å². The minimum Gasteiger partial charge on any atom is -0.480 e. The highest BCUT2D eigenvalue weighted by atomic mass is 35.5. The zero-order valence-electron chi connectivity index (χ0n) is 14.2. The van der Waals surface area contributed by atoms with Crippen molar-refractivity contribution in [2.75, 3.05) is 13.1 Å². The molecule has 6 heteroatoms. The standard InChI is InChI=1S/C20H20ClNO2S2/c21-18-8-2-1-7-17(18)19(20(23)24)22(11-9-15-5-3-13-25-15)12-10-16-6-4-14-26-16/h1-8,13-14,19H,9-12H2,(H,23,24). The lowest BCUT2D eigenvalue weighted by atomic mass is 10.0. The first kappa shape index (κ1) is 19.1. The van der Waals surface area contributed by atoms with E-state index in [4.69, 9.17) is 11.6 Å².